The van der Waals surface area contributed by atoms with E-state index in [0.717, 1.165) is 37.3 Å². The quantitative estimate of drug-likeness (QED) is 0.739. The third-order valence-electron chi connectivity index (χ3n) is 3.81. The van der Waals surface area contributed by atoms with E-state index < -0.39 is 5.60 Å². The normalized spacial score (nSPS) is 14.2. The standard InChI is InChI=1S/C19H30N2O2S/c1-5-24-13-7-11-20-16-9-10-17-15(14-16)8-6-12-21(17)18(22)23-19(2,3)4/h9-10,14,20H,5-8,11-13H2,1-4H3. The van der Waals surface area contributed by atoms with Gasteiger partial charge in [0.2, 0.25) is 0 Å². The molecule has 0 aromatic heterocycles. The first-order valence-corrected chi connectivity index (χ1v) is 10.0. The van der Waals surface area contributed by atoms with Crippen molar-refractivity contribution in [3.8, 4) is 0 Å². The highest BCUT2D eigenvalue weighted by Gasteiger charge is 2.27. The maximum absolute atomic E-state index is 12.4. The number of thioether (sulfide) groups is 1. The van der Waals surface area contributed by atoms with Gasteiger partial charge in [0, 0.05) is 18.8 Å². The lowest BCUT2D eigenvalue weighted by atomic mass is 10.0. The molecular weight excluding hydrogens is 320 g/mol. The molecule has 0 radical (unpaired) electrons. The Bertz CT molecular complexity index is 555. The number of hydrogen-bond acceptors (Lipinski definition) is 4. The summed E-state index contributed by atoms with van der Waals surface area (Å²) in [4.78, 5) is 14.2. The molecule has 1 aromatic rings. The molecule has 0 saturated heterocycles. The first-order chi connectivity index (χ1) is 11.4. The van der Waals surface area contributed by atoms with Crippen molar-refractivity contribution in [2.45, 2.75) is 52.6 Å². The smallest absolute Gasteiger partial charge is 0.414 e. The second-order valence-electron chi connectivity index (χ2n) is 7.06. The number of nitrogens with zero attached hydrogens (tertiary/aromatic N) is 1. The number of nitrogens with one attached hydrogen (secondary N) is 1. The molecule has 0 saturated carbocycles. The Labute approximate surface area is 150 Å². The highest BCUT2D eigenvalue weighted by molar-refractivity contribution is 7.99. The Kier molecular flexibility index (Phi) is 6.84. The number of anilines is 2. The Morgan fingerprint density at radius 3 is 2.88 bits per heavy atom. The van der Waals surface area contributed by atoms with Crippen molar-refractivity contribution in [2.24, 2.45) is 0 Å². The van der Waals surface area contributed by atoms with Crippen LogP contribution in [-0.2, 0) is 11.2 Å². The maximum atomic E-state index is 12.4. The Hall–Kier alpha value is -1.36. The minimum absolute atomic E-state index is 0.249. The third-order valence-corrected chi connectivity index (χ3v) is 4.80. The van der Waals surface area contributed by atoms with Crippen LogP contribution in [0.2, 0.25) is 0 Å². The molecule has 1 aromatic carbocycles. The number of aryl methyl sites for hydroxylation is 1. The van der Waals surface area contributed by atoms with E-state index in [1.807, 2.05) is 38.6 Å². The van der Waals surface area contributed by atoms with Gasteiger partial charge in [0.05, 0.1) is 5.69 Å². The van der Waals surface area contributed by atoms with Gasteiger partial charge >= 0.3 is 6.09 Å². The van der Waals surface area contributed by atoms with Gasteiger partial charge < -0.3 is 10.1 Å². The lowest BCUT2D eigenvalue weighted by Crippen LogP contribution is -2.39. The van der Waals surface area contributed by atoms with Gasteiger partial charge in [-0.3, -0.25) is 4.90 Å². The Morgan fingerprint density at radius 1 is 1.38 bits per heavy atom. The van der Waals surface area contributed by atoms with Crippen LogP contribution in [0.25, 0.3) is 0 Å². The average Bonchev–Trinajstić information content (AvgIpc) is 2.52. The summed E-state index contributed by atoms with van der Waals surface area (Å²) in [6.07, 6.45) is 2.90. The summed E-state index contributed by atoms with van der Waals surface area (Å²) in [7, 11) is 0. The van der Waals surface area contributed by atoms with Gasteiger partial charge in [-0.15, -0.1) is 0 Å². The first kappa shape index (κ1) is 19.0. The summed E-state index contributed by atoms with van der Waals surface area (Å²) in [6, 6.07) is 6.29. The van der Waals surface area contributed by atoms with Crippen molar-refractivity contribution in [2.75, 3.05) is 34.8 Å². The number of ether oxygens (including phenoxy) is 1. The molecule has 0 aliphatic carbocycles. The van der Waals surface area contributed by atoms with Crippen LogP contribution in [0.15, 0.2) is 18.2 Å². The van der Waals surface area contributed by atoms with Gasteiger partial charge in [0.1, 0.15) is 5.60 Å². The zero-order chi connectivity index (χ0) is 17.6. The highest BCUT2D eigenvalue weighted by Crippen LogP contribution is 2.31. The number of carbonyl (C=O) groups is 1. The predicted octanol–water partition coefficient (Wildman–Crippen LogP) is 4.93. The second-order valence-corrected chi connectivity index (χ2v) is 8.45. The largest absolute Gasteiger partial charge is 0.443 e. The predicted molar refractivity (Wildman–Crippen MR) is 104 cm³/mol. The van der Waals surface area contributed by atoms with Gasteiger partial charge in [0.25, 0.3) is 0 Å². The third kappa shape index (κ3) is 5.62. The molecule has 5 heteroatoms. The van der Waals surface area contributed by atoms with Crippen molar-refractivity contribution >= 4 is 29.2 Å². The number of amides is 1. The highest BCUT2D eigenvalue weighted by atomic mass is 32.2. The van der Waals surface area contributed by atoms with Crippen LogP contribution in [0.5, 0.6) is 0 Å². The first-order valence-electron chi connectivity index (χ1n) is 8.86. The number of hydrogen-bond donors (Lipinski definition) is 1. The number of fused-ring (bicyclic) bond motifs is 1. The molecular formula is C19H30N2O2S. The van der Waals surface area contributed by atoms with E-state index in [9.17, 15) is 4.79 Å². The van der Waals surface area contributed by atoms with Crippen molar-refractivity contribution in [3.05, 3.63) is 23.8 Å². The molecule has 1 aliphatic heterocycles. The maximum Gasteiger partial charge on any atom is 0.414 e. The van der Waals surface area contributed by atoms with Gasteiger partial charge in [0.15, 0.2) is 0 Å². The molecule has 24 heavy (non-hydrogen) atoms. The monoisotopic (exact) mass is 350 g/mol. The van der Waals surface area contributed by atoms with E-state index in [0.29, 0.717) is 0 Å². The lowest BCUT2D eigenvalue weighted by Gasteiger charge is -2.32. The molecule has 0 spiro atoms. The zero-order valence-electron chi connectivity index (χ0n) is 15.4. The van der Waals surface area contributed by atoms with Crippen LogP contribution in [-0.4, -0.2) is 36.3 Å². The molecule has 1 amide bonds. The Morgan fingerprint density at radius 2 is 2.17 bits per heavy atom. The summed E-state index contributed by atoms with van der Waals surface area (Å²) in [5.41, 5.74) is 2.89. The van der Waals surface area contributed by atoms with Crippen LogP contribution in [0, 0.1) is 0 Å². The van der Waals surface area contributed by atoms with Crippen molar-refractivity contribution < 1.29 is 9.53 Å². The van der Waals surface area contributed by atoms with Gasteiger partial charge in [-0.2, -0.15) is 11.8 Å². The molecule has 4 nitrogen and oxygen atoms in total. The molecule has 0 atom stereocenters. The minimum Gasteiger partial charge on any atom is -0.443 e. The second kappa shape index (κ2) is 8.65. The van der Waals surface area contributed by atoms with Crippen LogP contribution in [0.4, 0.5) is 16.2 Å². The lowest BCUT2D eigenvalue weighted by molar-refractivity contribution is 0.0578. The van der Waals surface area contributed by atoms with E-state index >= 15 is 0 Å². The van der Waals surface area contributed by atoms with Crippen LogP contribution in [0.3, 0.4) is 0 Å². The molecule has 134 valence electrons. The Balaban J connectivity index is 2.00. The summed E-state index contributed by atoms with van der Waals surface area (Å²) in [6.45, 7) is 9.61. The van der Waals surface area contributed by atoms with Gasteiger partial charge in [-0.05, 0) is 75.3 Å². The van der Waals surface area contributed by atoms with E-state index in [4.69, 9.17) is 4.74 Å². The van der Waals surface area contributed by atoms with Gasteiger partial charge in [-0.1, -0.05) is 6.92 Å². The summed E-state index contributed by atoms with van der Waals surface area (Å²) in [5, 5.41) is 3.49. The number of benzene rings is 1. The zero-order valence-corrected chi connectivity index (χ0v) is 16.2. The van der Waals surface area contributed by atoms with Crippen LogP contribution in [0.1, 0.15) is 46.1 Å². The van der Waals surface area contributed by atoms with E-state index in [1.165, 1.54) is 23.5 Å². The number of carbonyl (C=O) groups excluding carboxylic acids is 1. The summed E-state index contributed by atoms with van der Waals surface area (Å²) < 4.78 is 5.54. The minimum atomic E-state index is -0.466. The van der Waals surface area contributed by atoms with E-state index in [-0.39, 0.29) is 6.09 Å². The average molecular weight is 351 g/mol. The van der Waals surface area contributed by atoms with Crippen molar-refractivity contribution in [1.29, 1.82) is 0 Å². The molecule has 1 N–H and O–H groups in total. The van der Waals surface area contributed by atoms with Crippen molar-refractivity contribution in [3.63, 3.8) is 0 Å². The number of rotatable bonds is 6. The SMILES string of the molecule is CCSCCCNc1ccc2c(c1)CCCN2C(=O)OC(C)(C)C. The van der Waals surface area contributed by atoms with E-state index in [1.54, 1.807) is 4.90 Å². The molecule has 1 aliphatic rings. The topological polar surface area (TPSA) is 41.6 Å². The molecule has 0 unspecified atom stereocenters. The fourth-order valence-corrected chi connectivity index (χ4v) is 3.40. The summed E-state index contributed by atoms with van der Waals surface area (Å²) >= 11 is 1.98. The van der Waals surface area contributed by atoms with E-state index in [2.05, 4.69) is 24.4 Å². The van der Waals surface area contributed by atoms with Gasteiger partial charge in [-0.25, -0.2) is 4.79 Å². The fourth-order valence-electron chi connectivity index (χ4n) is 2.77. The molecule has 2 rings (SSSR count). The van der Waals surface area contributed by atoms with Crippen LogP contribution < -0.4 is 10.2 Å². The molecule has 0 fully saturated rings. The summed E-state index contributed by atoms with van der Waals surface area (Å²) in [5.74, 6) is 2.38. The molecule has 1 heterocycles. The molecule has 0 bridgehead atoms. The van der Waals surface area contributed by atoms with Crippen LogP contribution >= 0.6 is 11.8 Å². The van der Waals surface area contributed by atoms with Crippen molar-refractivity contribution in [1.82, 2.24) is 0 Å². The fraction of sp³-hybridized carbons (Fsp3) is 0.632.